The van der Waals surface area contributed by atoms with Crippen LogP contribution in [0.1, 0.15) is 13.8 Å². The lowest BCUT2D eigenvalue weighted by Crippen LogP contribution is -2.33. The summed E-state index contributed by atoms with van der Waals surface area (Å²) in [5.41, 5.74) is 5.29. The molecule has 0 aromatic rings. The Bertz CT molecular complexity index is 134. The fraction of sp³-hybridized carbons (Fsp3) is 1.00. The highest BCUT2D eigenvalue weighted by molar-refractivity contribution is 4.58. The van der Waals surface area contributed by atoms with Crippen molar-refractivity contribution in [2.24, 2.45) is 5.73 Å². The smallest absolute Gasteiger partial charge is 0.0897 e. The molecule has 92 valence electrons. The molecule has 0 amide bonds. The van der Waals surface area contributed by atoms with Gasteiger partial charge in [0, 0.05) is 19.6 Å². The minimum atomic E-state index is -0.476. The van der Waals surface area contributed by atoms with Crippen LogP contribution in [0.3, 0.4) is 0 Å². The van der Waals surface area contributed by atoms with E-state index >= 15 is 0 Å². The minimum Gasteiger partial charge on any atom is -0.389 e. The van der Waals surface area contributed by atoms with E-state index in [0.717, 1.165) is 0 Å². The van der Waals surface area contributed by atoms with Crippen LogP contribution < -0.4 is 11.1 Å². The molecule has 0 aliphatic heterocycles. The van der Waals surface area contributed by atoms with Gasteiger partial charge in [0.1, 0.15) is 0 Å². The van der Waals surface area contributed by atoms with Crippen molar-refractivity contribution >= 4 is 0 Å². The summed E-state index contributed by atoms with van der Waals surface area (Å²) in [6.45, 7) is 7.19. The Kier molecular flexibility index (Phi) is 10.2. The zero-order valence-electron chi connectivity index (χ0n) is 9.74. The summed E-state index contributed by atoms with van der Waals surface area (Å²) in [4.78, 5) is 0. The van der Waals surface area contributed by atoms with E-state index in [9.17, 15) is 5.11 Å². The number of nitrogens with one attached hydrogen (secondary N) is 1. The molecule has 0 aliphatic carbocycles. The number of aliphatic hydroxyl groups excluding tert-OH is 1. The molecule has 0 fully saturated rings. The van der Waals surface area contributed by atoms with Gasteiger partial charge in [-0.05, 0) is 13.8 Å². The van der Waals surface area contributed by atoms with Crippen LogP contribution in [0.2, 0.25) is 0 Å². The molecule has 1 atom stereocenters. The molecule has 0 aromatic carbocycles. The Hall–Kier alpha value is -0.200. The average Bonchev–Trinajstić information content (AvgIpc) is 2.17. The van der Waals surface area contributed by atoms with E-state index in [0.29, 0.717) is 39.5 Å². The summed E-state index contributed by atoms with van der Waals surface area (Å²) in [6, 6.07) is 0. The number of aliphatic hydroxyl groups is 1. The van der Waals surface area contributed by atoms with Crippen molar-refractivity contribution in [2.75, 3.05) is 39.5 Å². The summed E-state index contributed by atoms with van der Waals surface area (Å²) in [5, 5.41) is 12.4. The first-order valence-corrected chi connectivity index (χ1v) is 5.45. The van der Waals surface area contributed by atoms with Gasteiger partial charge in [0.25, 0.3) is 0 Å². The zero-order chi connectivity index (χ0) is 11.5. The number of rotatable bonds is 10. The molecule has 5 heteroatoms. The number of ether oxygens (including phenoxy) is 2. The Balaban J connectivity index is 3.13. The van der Waals surface area contributed by atoms with E-state index in [1.165, 1.54) is 0 Å². The Morgan fingerprint density at radius 3 is 2.67 bits per heavy atom. The maximum absolute atomic E-state index is 9.42. The van der Waals surface area contributed by atoms with Crippen molar-refractivity contribution in [2.45, 2.75) is 26.1 Å². The normalized spacial score (nSPS) is 13.4. The lowest BCUT2D eigenvalue weighted by molar-refractivity contribution is -0.00986. The molecule has 0 rings (SSSR count). The Morgan fingerprint density at radius 1 is 1.33 bits per heavy atom. The van der Waals surface area contributed by atoms with Gasteiger partial charge in [-0.15, -0.1) is 0 Å². The van der Waals surface area contributed by atoms with Gasteiger partial charge >= 0.3 is 0 Å². The lowest BCUT2D eigenvalue weighted by atomic mass is 10.4. The average molecular weight is 220 g/mol. The summed E-state index contributed by atoms with van der Waals surface area (Å²) < 4.78 is 10.5. The van der Waals surface area contributed by atoms with Gasteiger partial charge in [0.05, 0.1) is 32.0 Å². The largest absolute Gasteiger partial charge is 0.389 e. The van der Waals surface area contributed by atoms with E-state index in [2.05, 4.69) is 5.32 Å². The van der Waals surface area contributed by atoms with E-state index in [4.69, 9.17) is 15.2 Å². The van der Waals surface area contributed by atoms with Crippen molar-refractivity contribution in [1.29, 1.82) is 0 Å². The number of hydrogen-bond donors (Lipinski definition) is 3. The molecular formula is C10H24N2O3. The fourth-order valence-corrected chi connectivity index (χ4v) is 0.992. The van der Waals surface area contributed by atoms with Crippen LogP contribution in [-0.4, -0.2) is 56.8 Å². The van der Waals surface area contributed by atoms with Crippen LogP contribution in [0.25, 0.3) is 0 Å². The molecule has 0 aliphatic rings. The number of nitrogens with two attached hydrogens (primary N) is 1. The second-order valence-electron chi connectivity index (χ2n) is 3.64. The molecule has 0 saturated carbocycles. The summed E-state index contributed by atoms with van der Waals surface area (Å²) >= 11 is 0. The standard InChI is InChI=1S/C10H24N2O3/c1-9(2)15-6-5-14-8-10(13)7-12-4-3-11/h9-10,12-13H,3-8,11H2,1-2H3. The molecule has 1 unspecified atom stereocenters. The van der Waals surface area contributed by atoms with Crippen molar-refractivity contribution in [3.05, 3.63) is 0 Å². The maximum Gasteiger partial charge on any atom is 0.0897 e. The molecule has 5 nitrogen and oxygen atoms in total. The van der Waals surface area contributed by atoms with Gasteiger partial charge in [0.15, 0.2) is 0 Å². The summed E-state index contributed by atoms with van der Waals surface area (Å²) in [7, 11) is 0. The first-order chi connectivity index (χ1) is 7.16. The van der Waals surface area contributed by atoms with Crippen LogP contribution in [0.5, 0.6) is 0 Å². The predicted octanol–water partition coefficient (Wildman–Crippen LogP) is -0.663. The SMILES string of the molecule is CC(C)OCCOCC(O)CNCCN. The molecule has 0 bridgehead atoms. The molecule has 0 saturated heterocycles. The highest BCUT2D eigenvalue weighted by Crippen LogP contribution is 1.89. The van der Waals surface area contributed by atoms with Gasteiger partial charge in [-0.25, -0.2) is 0 Å². The van der Waals surface area contributed by atoms with Crippen molar-refractivity contribution in [3.63, 3.8) is 0 Å². The van der Waals surface area contributed by atoms with Crippen molar-refractivity contribution in [1.82, 2.24) is 5.32 Å². The summed E-state index contributed by atoms with van der Waals surface area (Å²) in [5.74, 6) is 0. The van der Waals surface area contributed by atoms with E-state index in [-0.39, 0.29) is 6.10 Å². The number of hydrogen-bond acceptors (Lipinski definition) is 5. The first-order valence-electron chi connectivity index (χ1n) is 5.45. The van der Waals surface area contributed by atoms with Crippen molar-refractivity contribution < 1.29 is 14.6 Å². The molecule has 0 aromatic heterocycles. The van der Waals surface area contributed by atoms with E-state index < -0.39 is 6.10 Å². The van der Waals surface area contributed by atoms with Gasteiger partial charge in [-0.3, -0.25) is 0 Å². The molecular weight excluding hydrogens is 196 g/mol. The maximum atomic E-state index is 9.42. The van der Waals surface area contributed by atoms with Crippen LogP contribution in [0.15, 0.2) is 0 Å². The Morgan fingerprint density at radius 2 is 2.07 bits per heavy atom. The van der Waals surface area contributed by atoms with Crippen LogP contribution in [0, 0.1) is 0 Å². The second kappa shape index (κ2) is 10.3. The molecule has 15 heavy (non-hydrogen) atoms. The van der Waals surface area contributed by atoms with Crippen LogP contribution in [-0.2, 0) is 9.47 Å². The zero-order valence-corrected chi connectivity index (χ0v) is 9.74. The van der Waals surface area contributed by atoms with Crippen LogP contribution >= 0.6 is 0 Å². The third-order valence-electron chi connectivity index (χ3n) is 1.69. The van der Waals surface area contributed by atoms with Gasteiger partial charge in [-0.2, -0.15) is 0 Å². The third kappa shape index (κ3) is 11.7. The fourth-order valence-electron chi connectivity index (χ4n) is 0.992. The van der Waals surface area contributed by atoms with E-state index in [1.807, 2.05) is 13.8 Å². The topological polar surface area (TPSA) is 76.7 Å². The van der Waals surface area contributed by atoms with Gasteiger partial charge < -0.3 is 25.6 Å². The van der Waals surface area contributed by atoms with Gasteiger partial charge in [-0.1, -0.05) is 0 Å². The van der Waals surface area contributed by atoms with Crippen LogP contribution in [0.4, 0.5) is 0 Å². The lowest BCUT2D eigenvalue weighted by Gasteiger charge is -2.12. The monoisotopic (exact) mass is 220 g/mol. The minimum absolute atomic E-state index is 0.227. The predicted molar refractivity (Wildman–Crippen MR) is 59.8 cm³/mol. The van der Waals surface area contributed by atoms with Crippen molar-refractivity contribution in [3.8, 4) is 0 Å². The first kappa shape index (κ1) is 14.8. The quantitative estimate of drug-likeness (QED) is 0.426. The molecule has 0 heterocycles. The van der Waals surface area contributed by atoms with Gasteiger partial charge in [0.2, 0.25) is 0 Å². The van der Waals surface area contributed by atoms with E-state index in [1.54, 1.807) is 0 Å². The highest BCUT2D eigenvalue weighted by Gasteiger charge is 2.02. The second-order valence-corrected chi connectivity index (χ2v) is 3.64. The highest BCUT2D eigenvalue weighted by atomic mass is 16.5. The molecule has 4 N–H and O–H groups in total. The Labute approximate surface area is 91.9 Å². The molecule has 0 spiro atoms. The molecule has 0 radical (unpaired) electrons. The third-order valence-corrected chi connectivity index (χ3v) is 1.69. The summed E-state index contributed by atoms with van der Waals surface area (Å²) in [6.07, 6.45) is -0.250.